The molecule has 1 amide bonds. The molecule has 1 aromatic carbocycles. The maximum atomic E-state index is 12.8. The number of rotatable bonds is 6. The maximum Gasteiger partial charge on any atom is 0.241 e. The molecule has 156 valence electrons. The van der Waals surface area contributed by atoms with E-state index in [0.717, 1.165) is 11.1 Å². The van der Waals surface area contributed by atoms with Crippen LogP contribution >= 0.6 is 0 Å². The van der Waals surface area contributed by atoms with Crippen molar-refractivity contribution in [3.05, 3.63) is 29.3 Å². The second-order valence-corrected chi connectivity index (χ2v) is 8.42. The molecule has 2 atom stereocenters. The van der Waals surface area contributed by atoms with E-state index in [1.807, 2.05) is 6.07 Å². The zero-order valence-corrected chi connectivity index (χ0v) is 16.6. The Hall–Kier alpha value is -1.73. The van der Waals surface area contributed by atoms with Crippen molar-refractivity contribution in [2.45, 2.75) is 58.2 Å². The highest BCUT2D eigenvalue weighted by Gasteiger charge is 2.30. The Balaban J connectivity index is 1.54. The smallest absolute Gasteiger partial charge is 0.241 e. The summed E-state index contributed by atoms with van der Waals surface area (Å²) in [5.74, 6) is -0.0299. The van der Waals surface area contributed by atoms with E-state index in [9.17, 15) is 18.7 Å². The van der Waals surface area contributed by atoms with Gasteiger partial charge in [0, 0.05) is 25.0 Å². The van der Waals surface area contributed by atoms with Gasteiger partial charge in [-0.05, 0) is 61.5 Å². The van der Waals surface area contributed by atoms with E-state index in [-0.39, 0.29) is 29.7 Å². The average Bonchev–Trinajstić information content (AvgIpc) is 2.67. The standard InChI is InChI=1S/C21H31F2N3O2/c1-13(2)19(12-26-7-5-14(6-8-26)20(22)23)25-21(28)18-10-15-3-4-17(27)9-16(15)11-24-18/h3-4,9,13-14,18-20,24,27H,5-8,10-12H2,1-2H3,(H,25,28)/t18-,19?/m1/s1. The van der Waals surface area contributed by atoms with E-state index >= 15 is 0 Å². The third-order valence-corrected chi connectivity index (χ3v) is 6.05. The van der Waals surface area contributed by atoms with Gasteiger partial charge in [-0.25, -0.2) is 8.78 Å². The Morgan fingerprint density at radius 1 is 1.29 bits per heavy atom. The lowest BCUT2D eigenvalue weighted by Crippen LogP contribution is -2.55. The predicted octanol–water partition coefficient (Wildman–Crippen LogP) is 2.52. The first-order valence-electron chi connectivity index (χ1n) is 10.2. The van der Waals surface area contributed by atoms with Crippen molar-refractivity contribution in [3.8, 4) is 5.75 Å². The van der Waals surface area contributed by atoms with Crippen LogP contribution in [0.4, 0.5) is 8.78 Å². The minimum atomic E-state index is -2.23. The van der Waals surface area contributed by atoms with Gasteiger partial charge >= 0.3 is 0 Å². The summed E-state index contributed by atoms with van der Waals surface area (Å²) in [4.78, 5) is 15.0. The van der Waals surface area contributed by atoms with Gasteiger partial charge in [0.25, 0.3) is 0 Å². The summed E-state index contributed by atoms with van der Waals surface area (Å²) < 4.78 is 25.7. The third-order valence-electron chi connectivity index (χ3n) is 6.05. The fourth-order valence-corrected chi connectivity index (χ4v) is 4.06. The van der Waals surface area contributed by atoms with Gasteiger partial charge in [-0.3, -0.25) is 4.79 Å². The molecule has 1 aromatic rings. The fourth-order valence-electron chi connectivity index (χ4n) is 4.06. The van der Waals surface area contributed by atoms with Crippen LogP contribution in [-0.4, -0.2) is 54.1 Å². The molecule has 0 aromatic heterocycles. The summed E-state index contributed by atoms with van der Waals surface area (Å²) in [5.41, 5.74) is 2.10. The number of aromatic hydroxyl groups is 1. The number of nitrogens with zero attached hydrogens (tertiary/aromatic N) is 1. The number of piperidine rings is 1. The third kappa shape index (κ3) is 5.20. The molecule has 2 aliphatic rings. The Morgan fingerprint density at radius 3 is 2.64 bits per heavy atom. The lowest BCUT2D eigenvalue weighted by molar-refractivity contribution is -0.124. The minimum absolute atomic E-state index is 0.0152. The normalized spacial score (nSPS) is 22.3. The second-order valence-electron chi connectivity index (χ2n) is 8.42. The van der Waals surface area contributed by atoms with Crippen LogP contribution in [0.1, 0.15) is 37.8 Å². The van der Waals surface area contributed by atoms with E-state index in [0.29, 0.717) is 45.4 Å². The van der Waals surface area contributed by atoms with E-state index in [1.54, 1.807) is 12.1 Å². The molecule has 5 nitrogen and oxygen atoms in total. The molecule has 0 spiro atoms. The Kier molecular flexibility index (Phi) is 6.88. The van der Waals surface area contributed by atoms with E-state index in [4.69, 9.17) is 0 Å². The van der Waals surface area contributed by atoms with Crippen LogP contribution in [-0.2, 0) is 17.8 Å². The zero-order valence-electron chi connectivity index (χ0n) is 16.6. The first-order valence-corrected chi connectivity index (χ1v) is 10.2. The highest BCUT2D eigenvalue weighted by atomic mass is 19.3. The van der Waals surface area contributed by atoms with Gasteiger partial charge in [0.15, 0.2) is 0 Å². The second kappa shape index (κ2) is 9.18. The number of alkyl halides is 2. The molecule has 1 saturated heterocycles. The van der Waals surface area contributed by atoms with Gasteiger partial charge in [0.2, 0.25) is 12.3 Å². The number of nitrogens with one attached hydrogen (secondary N) is 2. The largest absolute Gasteiger partial charge is 0.508 e. The molecule has 0 bridgehead atoms. The molecular weight excluding hydrogens is 364 g/mol. The zero-order chi connectivity index (χ0) is 20.3. The van der Waals surface area contributed by atoms with Crippen LogP contribution in [0.15, 0.2) is 18.2 Å². The number of halogens is 2. The summed E-state index contributed by atoms with van der Waals surface area (Å²) in [5, 5.41) is 16.0. The van der Waals surface area contributed by atoms with Crippen LogP contribution in [0.3, 0.4) is 0 Å². The van der Waals surface area contributed by atoms with Gasteiger partial charge in [-0.1, -0.05) is 19.9 Å². The van der Waals surface area contributed by atoms with Crippen molar-refractivity contribution in [2.24, 2.45) is 11.8 Å². The number of fused-ring (bicyclic) bond motifs is 1. The van der Waals surface area contributed by atoms with Crippen LogP contribution in [0.25, 0.3) is 0 Å². The van der Waals surface area contributed by atoms with E-state index < -0.39 is 12.3 Å². The van der Waals surface area contributed by atoms with Crippen molar-refractivity contribution in [1.82, 2.24) is 15.5 Å². The van der Waals surface area contributed by atoms with Gasteiger partial charge in [0.05, 0.1) is 6.04 Å². The number of hydrogen-bond acceptors (Lipinski definition) is 4. The Morgan fingerprint density at radius 2 is 2.00 bits per heavy atom. The number of phenols is 1. The summed E-state index contributed by atoms with van der Waals surface area (Å²) in [6.45, 7) is 6.71. The van der Waals surface area contributed by atoms with Crippen LogP contribution < -0.4 is 10.6 Å². The minimum Gasteiger partial charge on any atom is -0.508 e. The molecule has 1 unspecified atom stereocenters. The van der Waals surface area contributed by atoms with Crippen molar-refractivity contribution < 1.29 is 18.7 Å². The quantitative estimate of drug-likeness (QED) is 0.693. The number of likely N-dealkylation sites (tertiary alicyclic amines) is 1. The number of carbonyl (C=O) groups is 1. The van der Waals surface area contributed by atoms with E-state index in [2.05, 4.69) is 29.4 Å². The molecule has 28 heavy (non-hydrogen) atoms. The SMILES string of the molecule is CC(C)C(CN1CCC(C(F)F)CC1)NC(=O)[C@H]1Cc2ccc(O)cc2CN1. The monoisotopic (exact) mass is 395 g/mol. The highest BCUT2D eigenvalue weighted by Crippen LogP contribution is 2.24. The van der Waals surface area contributed by atoms with Gasteiger partial charge in [-0.15, -0.1) is 0 Å². The first kappa shape index (κ1) is 21.0. The number of carbonyl (C=O) groups excluding carboxylic acids is 1. The summed E-state index contributed by atoms with van der Waals surface area (Å²) in [7, 11) is 0. The van der Waals surface area contributed by atoms with Gasteiger partial charge < -0.3 is 20.6 Å². The topological polar surface area (TPSA) is 64.6 Å². The van der Waals surface area contributed by atoms with Gasteiger partial charge in [-0.2, -0.15) is 0 Å². The van der Waals surface area contributed by atoms with Crippen molar-refractivity contribution in [3.63, 3.8) is 0 Å². The molecule has 3 N–H and O–H groups in total. The maximum absolute atomic E-state index is 12.8. The van der Waals surface area contributed by atoms with Crippen LogP contribution in [0, 0.1) is 11.8 Å². The number of hydrogen-bond donors (Lipinski definition) is 3. The highest BCUT2D eigenvalue weighted by molar-refractivity contribution is 5.82. The first-order chi connectivity index (χ1) is 13.3. The molecule has 0 aliphatic carbocycles. The molecule has 0 radical (unpaired) electrons. The molecular formula is C21H31F2N3O2. The molecule has 3 rings (SSSR count). The van der Waals surface area contributed by atoms with Crippen LogP contribution in [0.5, 0.6) is 5.75 Å². The van der Waals surface area contributed by atoms with Crippen molar-refractivity contribution in [1.29, 1.82) is 0 Å². The van der Waals surface area contributed by atoms with Crippen molar-refractivity contribution >= 4 is 5.91 Å². The lowest BCUT2D eigenvalue weighted by Gasteiger charge is -2.36. The average molecular weight is 395 g/mol. The van der Waals surface area contributed by atoms with Crippen LogP contribution in [0.2, 0.25) is 0 Å². The van der Waals surface area contributed by atoms with Gasteiger partial charge in [0.1, 0.15) is 5.75 Å². The molecule has 0 saturated carbocycles. The summed E-state index contributed by atoms with van der Waals surface area (Å²) in [6, 6.07) is 4.94. The lowest BCUT2D eigenvalue weighted by atomic mass is 9.94. The molecule has 2 aliphatic heterocycles. The molecule has 7 heteroatoms. The van der Waals surface area contributed by atoms with Crippen molar-refractivity contribution in [2.75, 3.05) is 19.6 Å². The summed E-state index contributed by atoms with van der Waals surface area (Å²) in [6.07, 6.45) is -0.606. The Bertz CT molecular complexity index is 676. The predicted molar refractivity (Wildman–Crippen MR) is 104 cm³/mol. The number of amides is 1. The molecule has 1 fully saturated rings. The fraction of sp³-hybridized carbons (Fsp3) is 0.667. The number of benzene rings is 1. The molecule has 2 heterocycles. The number of phenolic OH excluding ortho intramolecular Hbond substituents is 1. The Labute approximate surface area is 165 Å². The van der Waals surface area contributed by atoms with E-state index in [1.165, 1.54) is 0 Å². The summed E-state index contributed by atoms with van der Waals surface area (Å²) >= 11 is 0.